The average molecular weight is 630 g/mol. The second-order valence-corrected chi connectivity index (χ2v) is 15.3. The molecule has 3 aromatic carbocycles. The number of sulfone groups is 1. The first-order valence-electron chi connectivity index (χ1n) is 14.7. The van der Waals surface area contributed by atoms with Gasteiger partial charge in [0.15, 0.2) is 9.84 Å². The highest BCUT2D eigenvalue weighted by atomic mass is 32.2. The van der Waals surface area contributed by atoms with Gasteiger partial charge in [-0.3, -0.25) is 10.1 Å². The molecule has 4 N–H and O–H groups in total. The van der Waals surface area contributed by atoms with E-state index in [2.05, 4.69) is 15.6 Å². The highest BCUT2D eigenvalue weighted by Gasteiger charge is 2.34. The molecule has 0 aliphatic carbocycles. The van der Waals surface area contributed by atoms with Gasteiger partial charge in [-0.05, 0) is 97.8 Å². The number of carbonyl (C=O) groups is 2. The molecule has 0 fully saturated rings. The van der Waals surface area contributed by atoms with E-state index in [4.69, 9.17) is 10.5 Å². The van der Waals surface area contributed by atoms with Crippen molar-refractivity contribution in [3.8, 4) is 0 Å². The second kappa shape index (κ2) is 12.0. The summed E-state index contributed by atoms with van der Waals surface area (Å²) in [5, 5.41) is 7.81. The van der Waals surface area contributed by atoms with Gasteiger partial charge in [0.2, 0.25) is 5.91 Å². The number of ether oxygens (including phenoxy) is 1. The van der Waals surface area contributed by atoms with Crippen LogP contribution >= 0.6 is 0 Å². The molecule has 45 heavy (non-hydrogen) atoms. The maximum Gasteiger partial charge on any atom is 0.411 e. The number of hydrogen-bond acceptors (Lipinski definition) is 8. The van der Waals surface area contributed by atoms with E-state index in [9.17, 15) is 18.0 Å². The molecule has 11 heteroatoms. The van der Waals surface area contributed by atoms with Crippen LogP contribution in [0.15, 0.2) is 71.8 Å². The third-order valence-electron chi connectivity index (χ3n) is 8.16. The van der Waals surface area contributed by atoms with Gasteiger partial charge in [-0.25, -0.2) is 18.2 Å². The highest BCUT2D eigenvalue weighted by Crippen LogP contribution is 2.33. The molecule has 10 nitrogen and oxygen atoms in total. The van der Waals surface area contributed by atoms with Crippen molar-refractivity contribution in [1.29, 1.82) is 0 Å². The van der Waals surface area contributed by atoms with Gasteiger partial charge in [0.25, 0.3) is 0 Å². The lowest BCUT2D eigenvalue weighted by atomic mass is 9.93. The molecule has 2 aliphatic rings. The second-order valence-electron chi connectivity index (χ2n) is 12.6. The molecule has 4 bridgehead atoms. The van der Waals surface area contributed by atoms with Crippen molar-refractivity contribution in [1.82, 2.24) is 9.88 Å². The zero-order chi connectivity index (χ0) is 32.7. The number of nitrogens with zero attached hydrogens (tertiary/aromatic N) is 2. The smallest absolute Gasteiger partial charge is 0.411 e. The minimum Gasteiger partial charge on any atom is -0.449 e. The Morgan fingerprint density at radius 2 is 1.80 bits per heavy atom. The highest BCUT2D eigenvalue weighted by molar-refractivity contribution is 7.92. The third-order valence-corrected chi connectivity index (χ3v) is 10.8. The molecule has 2 amide bonds. The van der Waals surface area contributed by atoms with E-state index in [1.807, 2.05) is 56.3 Å². The van der Waals surface area contributed by atoms with Crippen LogP contribution in [0, 0.1) is 6.92 Å². The van der Waals surface area contributed by atoms with Crippen molar-refractivity contribution in [2.75, 3.05) is 30.0 Å². The number of hydrogen-bond donors (Lipinski definition) is 3. The van der Waals surface area contributed by atoms with Crippen LogP contribution in [0.25, 0.3) is 10.8 Å². The van der Waals surface area contributed by atoms with Crippen LogP contribution in [0.5, 0.6) is 0 Å². The number of nitrogens with one attached hydrogen (secondary N) is 2. The predicted molar refractivity (Wildman–Crippen MR) is 177 cm³/mol. The first-order valence-corrected chi connectivity index (χ1v) is 16.2. The third kappa shape index (κ3) is 6.44. The molecular weight excluding hydrogens is 590 g/mol. The molecule has 0 saturated carbocycles. The Balaban J connectivity index is 1.62. The number of anilines is 3. The van der Waals surface area contributed by atoms with Gasteiger partial charge < -0.3 is 20.7 Å². The molecule has 2 unspecified atom stereocenters. The number of likely N-dealkylation sites (N-methyl/N-ethyl adjacent to an activating group) is 1. The lowest BCUT2D eigenvalue weighted by molar-refractivity contribution is -0.131. The van der Waals surface area contributed by atoms with Crippen molar-refractivity contribution in [3.63, 3.8) is 0 Å². The molecule has 0 radical (unpaired) electrons. The minimum absolute atomic E-state index is 0.0275. The van der Waals surface area contributed by atoms with Crippen LogP contribution < -0.4 is 16.4 Å². The molecule has 2 atom stereocenters. The van der Waals surface area contributed by atoms with E-state index < -0.39 is 26.7 Å². The van der Waals surface area contributed by atoms with E-state index in [1.165, 1.54) is 17.0 Å². The molecule has 4 aromatic rings. The standard InChI is InChI=1S/C34H39N5O5S/c1-20-15-23-7-10-27(20)21(2)19-44-33(41)38-26-9-12-29(45(42,43)34(3,4)5)24(17-26)18-39(6)32(40)30(23)37-25-8-11-28-22(16-25)13-14-36-31(28)35/h7-17,21,30,37H,18-19H2,1-6H3,(H2,35,36)(H,38,41). The van der Waals surface area contributed by atoms with Crippen LogP contribution in [0.1, 0.15) is 61.9 Å². The molecule has 2 aliphatic heterocycles. The normalized spacial score (nSPS) is 18.0. The number of carbonyl (C=O) groups excluding carboxylic acids is 2. The number of aryl methyl sites for hydroxylation is 1. The number of amides is 2. The van der Waals surface area contributed by atoms with Gasteiger partial charge >= 0.3 is 6.09 Å². The molecule has 3 heterocycles. The molecule has 1 aromatic heterocycles. The maximum absolute atomic E-state index is 14.3. The van der Waals surface area contributed by atoms with Crippen LogP contribution in [-0.2, 0) is 25.9 Å². The lowest BCUT2D eigenvalue weighted by Gasteiger charge is -2.28. The van der Waals surface area contributed by atoms with Crippen LogP contribution in [0.3, 0.4) is 0 Å². The summed E-state index contributed by atoms with van der Waals surface area (Å²) in [7, 11) is -2.16. The number of fused-ring (bicyclic) bond motifs is 10. The van der Waals surface area contributed by atoms with E-state index in [-0.39, 0.29) is 29.9 Å². The summed E-state index contributed by atoms with van der Waals surface area (Å²) in [4.78, 5) is 32.8. The number of pyridine rings is 1. The van der Waals surface area contributed by atoms with Gasteiger partial charge in [-0.1, -0.05) is 25.1 Å². The zero-order valence-corrected chi connectivity index (χ0v) is 27.2. The summed E-state index contributed by atoms with van der Waals surface area (Å²) in [6.07, 6.45) is 0.988. The number of benzene rings is 3. The number of nitrogens with two attached hydrogens (primary N) is 1. The van der Waals surface area contributed by atoms with E-state index in [0.717, 1.165) is 27.5 Å². The fraction of sp³-hybridized carbons (Fsp3) is 0.324. The summed E-state index contributed by atoms with van der Waals surface area (Å²) < 4.78 is 31.7. The predicted octanol–water partition coefficient (Wildman–Crippen LogP) is 6.18. The molecule has 0 spiro atoms. The Bertz CT molecular complexity index is 1900. The molecule has 236 valence electrons. The van der Waals surface area contributed by atoms with Gasteiger partial charge in [0.05, 0.1) is 16.2 Å². The molecule has 0 saturated heterocycles. The zero-order valence-electron chi connectivity index (χ0n) is 26.3. The Kier molecular flexibility index (Phi) is 8.50. The summed E-state index contributed by atoms with van der Waals surface area (Å²) in [6, 6.07) is 17.1. The number of nitrogen functional groups attached to an aromatic ring is 1. The van der Waals surface area contributed by atoms with Crippen molar-refractivity contribution in [2.45, 2.75) is 62.8 Å². The first-order chi connectivity index (χ1) is 21.2. The van der Waals surface area contributed by atoms with Gasteiger partial charge in [0, 0.05) is 42.5 Å². The van der Waals surface area contributed by atoms with Gasteiger partial charge in [-0.15, -0.1) is 0 Å². The number of rotatable bonds is 3. The SMILES string of the molecule is Cc1cc2ccc1C(C)COC(=O)Nc1ccc(S(=O)(=O)C(C)(C)C)c(c1)CN(C)C(=O)C2Nc1ccc2c(N)nccc2c1. The summed E-state index contributed by atoms with van der Waals surface area (Å²) >= 11 is 0. The summed E-state index contributed by atoms with van der Waals surface area (Å²) in [6.45, 7) is 8.92. The average Bonchev–Trinajstić information content (AvgIpc) is 2.97. The Morgan fingerprint density at radius 1 is 1.04 bits per heavy atom. The topological polar surface area (TPSA) is 144 Å². The summed E-state index contributed by atoms with van der Waals surface area (Å²) in [5.74, 6) is 0.0359. The number of aromatic nitrogens is 1. The van der Waals surface area contributed by atoms with Gasteiger partial charge in [0.1, 0.15) is 11.9 Å². The fourth-order valence-corrected chi connectivity index (χ4v) is 6.92. The molecular formula is C34H39N5O5S. The first kappa shape index (κ1) is 31.8. The van der Waals surface area contributed by atoms with Crippen LogP contribution in [-0.4, -0.2) is 48.7 Å². The largest absolute Gasteiger partial charge is 0.449 e. The van der Waals surface area contributed by atoms with Crippen LogP contribution in [0.4, 0.5) is 22.0 Å². The van der Waals surface area contributed by atoms with E-state index in [1.54, 1.807) is 40.1 Å². The van der Waals surface area contributed by atoms with Crippen molar-refractivity contribution < 1.29 is 22.7 Å². The summed E-state index contributed by atoms with van der Waals surface area (Å²) in [5.41, 5.74) is 10.2. The Labute approximate surface area is 263 Å². The lowest BCUT2D eigenvalue weighted by Crippen LogP contribution is -2.36. The Morgan fingerprint density at radius 3 is 2.51 bits per heavy atom. The van der Waals surface area contributed by atoms with Crippen molar-refractivity contribution >= 4 is 49.8 Å². The Hall–Kier alpha value is -4.64. The molecule has 6 rings (SSSR count). The van der Waals surface area contributed by atoms with Gasteiger partial charge in [-0.2, -0.15) is 0 Å². The van der Waals surface area contributed by atoms with Crippen LogP contribution in [0.2, 0.25) is 0 Å². The fourth-order valence-electron chi connectivity index (χ4n) is 5.55. The monoisotopic (exact) mass is 629 g/mol. The van der Waals surface area contributed by atoms with E-state index in [0.29, 0.717) is 22.8 Å². The quantitative estimate of drug-likeness (QED) is 0.244. The minimum atomic E-state index is -3.80. The van der Waals surface area contributed by atoms with E-state index >= 15 is 0 Å². The van der Waals surface area contributed by atoms with Crippen molar-refractivity contribution in [3.05, 3.63) is 89.1 Å². The van der Waals surface area contributed by atoms with Crippen molar-refractivity contribution in [2.24, 2.45) is 0 Å². The maximum atomic E-state index is 14.3.